The lowest BCUT2D eigenvalue weighted by atomic mass is 10.1. The third-order valence-corrected chi connectivity index (χ3v) is 5.48. The second kappa shape index (κ2) is 9.23. The largest absolute Gasteiger partial charge is 0.435 e. The van der Waals surface area contributed by atoms with Crippen molar-refractivity contribution in [2.45, 2.75) is 6.18 Å². The summed E-state index contributed by atoms with van der Waals surface area (Å²) in [7, 11) is 3.84. The molecule has 0 bridgehead atoms. The molecule has 174 valence electrons. The zero-order valence-electron chi connectivity index (χ0n) is 18.3. The van der Waals surface area contributed by atoms with Crippen LogP contribution in [0.15, 0.2) is 78.9 Å². The van der Waals surface area contributed by atoms with Crippen molar-refractivity contribution in [3.63, 3.8) is 0 Å². The van der Waals surface area contributed by atoms with E-state index in [0.717, 1.165) is 16.4 Å². The number of anilines is 2. The number of carbonyl (C=O) groups is 1. The molecule has 4 rings (SSSR count). The molecule has 0 saturated heterocycles. The van der Waals surface area contributed by atoms with Gasteiger partial charge in [-0.05, 0) is 54.6 Å². The van der Waals surface area contributed by atoms with Gasteiger partial charge in [0.1, 0.15) is 0 Å². The fraction of sp³-hybridized carbons (Fsp3) is 0.120. The highest BCUT2D eigenvalue weighted by molar-refractivity contribution is 6.32. The lowest BCUT2D eigenvalue weighted by Crippen LogP contribution is -2.12. The Balaban J connectivity index is 1.63. The second-order valence-corrected chi connectivity index (χ2v) is 8.16. The van der Waals surface area contributed by atoms with Gasteiger partial charge >= 0.3 is 6.18 Å². The maximum Gasteiger partial charge on any atom is 0.435 e. The van der Waals surface area contributed by atoms with Crippen LogP contribution >= 0.6 is 11.6 Å². The molecule has 5 nitrogen and oxygen atoms in total. The normalized spacial score (nSPS) is 11.4. The van der Waals surface area contributed by atoms with Crippen molar-refractivity contribution in [3.8, 4) is 16.9 Å². The number of para-hydroxylation sites is 1. The third kappa shape index (κ3) is 4.92. The smallest absolute Gasteiger partial charge is 0.378 e. The molecule has 0 spiro atoms. The molecule has 1 aromatic heterocycles. The second-order valence-electron chi connectivity index (χ2n) is 7.75. The zero-order chi connectivity index (χ0) is 24.5. The van der Waals surface area contributed by atoms with Crippen molar-refractivity contribution in [1.82, 2.24) is 9.78 Å². The fourth-order valence-electron chi connectivity index (χ4n) is 3.37. The van der Waals surface area contributed by atoms with Gasteiger partial charge in [-0.1, -0.05) is 35.9 Å². The molecule has 0 saturated carbocycles. The number of amides is 1. The lowest BCUT2D eigenvalue weighted by Gasteiger charge is -2.13. The Bertz CT molecular complexity index is 1310. The molecule has 3 aromatic carbocycles. The monoisotopic (exact) mass is 484 g/mol. The van der Waals surface area contributed by atoms with Gasteiger partial charge in [-0.15, -0.1) is 0 Å². The van der Waals surface area contributed by atoms with Gasteiger partial charge < -0.3 is 10.2 Å². The maximum atomic E-state index is 13.4. The number of hydrogen-bond donors (Lipinski definition) is 1. The minimum Gasteiger partial charge on any atom is -0.378 e. The van der Waals surface area contributed by atoms with Crippen molar-refractivity contribution in [2.75, 3.05) is 24.3 Å². The molecule has 4 aromatic rings. The van der Waals surface area contributed by atoms with E-state index in [0.29, 0.717) is 22.5 Å². The fourth-order valence-corrected chi connectivity index (χ4v) is 3.59. The van der Waals surface area contributed by atoms with E-state index in [2.05, 4.69) is 10.4 Å². The van der Waals surface area contributed by atoms with Crippen molar-refractivity contribution < 1.29 is 18.0 Å². The van der Waals surface area contributed by atoms with E-state index in [1.54, 1.807) is 60.7 Å². The topological polar surface area (TPSA) is 50.2 Å². The number of hydrogen-bond acceptors (Lipinski definition) is 3. The number of nitrogens with one attached hydrogen (secondary N) is 1. The molecular formula is C25H20ClF3N4O. The Morgan fingerprint density at radius 3 is 2.21 bits per heavy atom. The van der Waals surface area contributed by atoms with Gasteiger partial charge in [0.05, 0.1) is 16.4 Å². The van der Waals surface area contributed by atoms with E-state index in [4.69, 9.17) is 11.6 Å². The molecule has 0 atom stereocenters. The summed E-state index contributed by atoms with van der Waals surface area (Å²) in [6, 6.07) is 21.1. The first kappa shape index (κ1) is 23.4. The molecule has 0 aliphatic heterocycles. The Hall–Kier alpha value is -3.78. The number of aromatic nitrogens is 2. The molecule has 1 N–H and O–H groups in total. The first-order chi connectivity index (χ1) is 16.1. The highest BCUT2D eigenvalue weighted by Gasteiger charge is 2.35. The van der Waals surface area contributed by atoms with Gasteiger partial charge in [0, 0.05) is 36.6 Å². The van der Waals surface area contributed by atoms with Crippen LogP contribution in [0.1, 0.15) is 16.1 Å². The van der Waals surface area contributed by atoms with Crippen LogP contribution < -0.4 is 10.2 Å². The number of halogens is 4. The molecule has 0 radical (unpaired) electrons. The average molecular weight is 485 g/mol. The lowest BCUT2D eigenvalue weighted by molar-refractivity contribution is -0.141. The zero-order valence-corrected chi connectivity index (χ0v) is 19.0. The summed E-state index contributed by atoms with van der Waals surface area (Å²) in [5.74, 6) is -0.334. The summed E-state index contributed by atoms with van der Waals surface area (Å²) in [5.41, 5.74) is 1.92. The summed E-state index contributed by atoms with van der Waals surface area (Å²) in [4.78, 5) is 14.6. The molecule has 1 heterocycles. The van der Waals surface area contributed by atoms with Crippen LogP contribution in [0.25, 0.3) is 16.9 Å². The van der Waals surface area contributed by atoms with E-state index in [9.17, 15) is 18.0 Å². The van der Waals surface area contributed by atoms with Gasteiger partial charge in [-0.25, -0.2) is 4.68 Å². The predicted octanol–water partition coefficient (Wildman–Crippen LogP) is 6.53. The van der Waals surface area contributed by atoms with E-state index < -0.39 is 11.9 Å². The van der Waals surface area contributed by atoms with Crippen LogP contribution in [0.3, 0.4) is 0 Å². The number of rotatable bonds is 5. The Morgan fingerprint density at radius 1 is 0.971 bits per heavy atom. The molecule has 0 aliphatic rings. The summed E-state index contributed by atoms with van der Waals surface area (Å²) >= 11 is 6.21. The van der Waals surface area contributed by atoms with Gasteiger partial charge in [0.15, 0.2) is 5.69 Å². The van der Waals surface area contributed by atoms with Crippen molar-refractivity contribution in [3.05, 3.63) is 95.1 Å². The highest BCUT2D eigenvalue weighted by atomic mass is 35.5. The molecule has 34 heavy (non-hydrogen) atoms. The molecule has 0 fully saturated rings. The quantitative estimate of drug-likeness (QED) is 0.350. The number of alkyl halides is 3. The standard InChI is InChI=1S/C25H20ClF3N4O/c1-32(2)19-13-11-18(12-14-19)30-24(34)17-9-7-16(8-10-17)22-15-23(25(27,28)29)31-33(22)21-6-4-3-5-20(21)26/h3-15H,1-2H3,(H,30,34). The van der Waals surface area contributed by atoms with Crippen LogP contribution in [0.5, 0.6) is 0 Å². The molecule has 1 amide bonds. The Kier molecular flexibility index (Phi) is 6.34. The van der Waals surface area contributed by atoms with Crippen LogP contribution in [-0.4, -0.2) is 29.8 Å². The number of benzene rings is 3. The SMILES string of the molecule is CN(C)c1ccc(NC(=O)c2ccc(-c3cc(C(F)(F)F)nn3-c3ccccc3Cl)cc2)cc1. The minimum absolute atomic E-state index is 0.201. The van der Waals surface area contributed by atoms with E-state index in [1.807, 2.05) is 31.1 Å². The molecule has 9 heteroatoms. The van der Waals surface area contributed by atoms with Crippen molar-refractivity contribution in [2.24, 2.45) is 0 Å². The summed E-state index contributed by atoms with van der Waals surface area (Å²) in [6.45, 7) is 0. The first-order valence-electron chi connectivity index (χ1n) is 10.2. The first-order valence-corrected chi connectivity index (χ1v) is 10.6. The van der Waals surface area contributed by atoms with E-state index in [1.165, 1.54) is 0 Å². The number of carbonyl (C=O) groups excluding carboxylic acids is 1. The van der Waals surface area contributed by atoms with E-state index in [-0.39, 0.29) is 16.6 Å². The summed E-state index contributed by atoms with van der Waals surface area (Å²) in [6.07, 6.45) is -4.62. The van der Waals surface area contributed by atoms with Crippen LogP contribution in [-0.2, 0) is 6.18 Å². The Labute approximate surface area is 199 Å². The van der Waals surface area contributed by atoms with Gasteiger partial charge in [-0.2, -0.15) is 18.3 Å². The van der Waals surface area contributed by atoms with Gasteiger partial charge in [-0.3, -0.25) is 4.79 Å². The van der Waals surface area contributed by atoms with Crippen molar-refractivity contribution in [1.29, 1.82) is 0 Å². The Morgan fingerprint density at radius 2 is 1.62 bits per heavy atom. The van der Waals surface area contributed by atoms with Crippen LogP contribution in [0.2, 0.25) is 5.02 Å². The van der Waals surface area contributed by atoms with Crippen molar-refractivity contribution >= 4 is 28.9 Å². The molecule has 0 aliphatic carbocycles. The number of nitrogens with zero attached hydrogens (tertiary/aromatic N) is 3. The molecule has 0 unspecified atom stereocenters. The highest BCUT2D eigenvalue weighted by Crippen LogP contribution is 2.34. The average Bonchev–Trinajstić information content (AvgIpc) is 3.26. The van der Waals surface area contributed by atoms with Gasteiger partial charge in [0.25, 0.3) is 5.91 Å². The van der Waals surface area contributed by atoms with Crippen LogP contribution in [0.4, 0.5) is 24.5 Å². The maximum absolute atomic E-state index is 13.4. The van der Waals surface area contributed by atoms with Gasteiger partial charge in [0.2, 0.25) is 0 Å². The third-order valence-electron chi connectivity index (χ3n) is 5.16. The molecular weight excluding hydrogens is 465 g/mol. The minimum atomic E-state index is -4.62. The van der Waals surface area contributed by atoms with E-state index >= 15 is 0 Å². The summed E-state index contributed by atoms with van der Waals surface area (Å²) < 4.78 is 41.3. The summed E-state index contributed by atoms with van der Waals surface area (Å²) in [5, 5.41) is 6.82. The van der Waals surface area contributed by atoms with Crippen LogP contribution in [0, 0.1) is 0 Å². The predicted molar refractivity (Wildman–Crippen MR) is 128 cm³/mol.